The van der Waals surface area contributed by atoms with E-state index in [-0.39, 0.29) is 19.0 Å². The Bertz CT molecular complexity index is 1060. The third kappa shape index (κ3) is 4.75. The van der Waals surface area contributed by atoms with Crippen LogP contribution in [0.15, 0.2) is 82.0 Å². The molecule has 0 aromatic heterocycles. The summed E-state index contributed by atoms with van der Waals surface area (Å²) >= 11 is 1.66. The summed E-state index contributed by atoms with van der Waals surface area (Å²) in [7, 11) is 0. The number of allylic oxidation sites excluding steroid dienone is 3. The van der Waals surface area contributed by atoms with Gasteiger partial charge < -0.3 is 14.8 Å². The molecule has 0 saturated carbocycles. The molecule has 1 atom stereocenters. The second-order valence-electron chi connectivity index (χ2n) is 7.84. The number of rotatable bonds is 7. The van der Waals surface area contributed by atoms with Crippen molar-refractivity contribution >= 4 is 23.5 Å². The monoisotopic (exact) mass is 449 g/mol. The molecule has 0 bridgehead atoms. The molecule has 1 aliphatic heterocycles. The minimum Gasteiger partial charge on any atom is -0.490 e. The molecule has 1 N–H and O–H groups in total. The Kier molecular flexibility index (Phi) is 7.00. The first-order valence-corrected chi connectivity index (χ1v) is 12.0. The summed E-state index contributed by atoms with van der Waals surface area (Å²) < 4.78 is 11.2. The highest BCUT2D eigenvalue weighted by Crippen LogP contribution is 2.42. The van der Waals surface area contributed by atoms with Gasteiger partial charge in [-0.25, -0.2) is 4.79 Å². The molecule has 0 saturated heterocycles. The van der Waals surface area contributed by atoms with Crippen molar-refractivity contribution in [1.29, 1.82) is 0 Å². The molecule has 1 unspecified atom stereocenters. The number of ether oxygens (including phenoxy) is 2. The number of Topliss-reactive ketones (excluding diaryl/α,β-unsaturated/α-hetero) is 1. The normalized spacial score (nSPS) is 18.2. The van der Waals surface area contributed by atoms with Crippen LogP contribution in [0.3, 0.4) is 0 Å². The molecule has 2 aliphatic rings. The van der Waals surface area contributed by atoms with Crippen LogP contribution < -0.4 is 10.1 Å². The fraction of sp³-hybridized carbons (Fsp3) is 0.308. The van der Waals surface area contributed by atoms with Gasteiger partial charge in [-0.2, -0.15) is 0 Å². The molecule has 0 fully saturated rings. The van der Waals surface area contributed by atoms with Crippen LogP contribution in [-0.2, 0) is 14.3 Å². The lowest BCUT2D eigenvalue weighted by Crippen LogP contribution is -2.34. The van der Waals surface area contributed by atoms with E-state index in [0.29, 0.717) is 17.6 Å². The van der Waals surface area contributed by atoms with E-state index in [0.717, 1.165) is 40.4 Å². The lowest BCUT2D eigenvalue weighted by molar-refractivity contribution is -0.140. The van der Waals surface area contributed by atoms with Crippen molar-refractivity contribution in [2.75, 3.05) is 19.5 Å². The third-order valence-corrected chi connectivity index (χ3v) is 6.52. The summed E-state index contributed by atoms with van der Waals surface area (Å²) in [6.07, 6.45) is 4.17. The highest BCUT2D eigenvalue weighted by molar-refractivity contribution is 7.98. The average Bonchev–Trinajstić information content (AvgIpc) is 2.82. The lowest BCUT2D eigenvalue weighted by atomic mass is 9.75. The highest BCUT2D eigenvalue weighted by atomic mass is 32.2. The van der Waals surface area contributed by atoms with Gasteiger partial charge in [0, 0.05) is 34.2 Å². The summed E-state index contributed by atoms with van der Waals surface area (Å²) in [5, 5.41) is 3.32. The molecular formula is C26H27NO4S. The van der Waals surface area contributed by atoms with Crippen molar-refractivity contribution in [2.45, 2.75) is 37.0 Å². The predicted octanol–water partition coefficient (Wildman–Crippen LogP) is 5.00. The van der Waals surface area contributed by atoms with Gasteiger partial charge in [0.05, 0.1) is 5.57 Å². The van der Waals surface area contributed by atoms with Crippen molar-refractivity contribution in [2.24, 2.45) is 0 Å². The Balaban J connectivity index is 1.56. The molecule has 32 heavy (non-hydrogen) atoms. The summed E-state index contributed by atoms with van der Waals surface area (Å²) in [5.41, 5.74) is 3.80. The largest absolute Gasteiger partial charge is 0.490 e. The fourth-order valence-electron chi connectivity index (χ4n) is 4.27. The Morgan fingerprint density at radius 2 is 1.81 bits per heavy atom. The third-order valence-electron chi connectivity index (χ3n) is 5.77. The Labute approximate surface area is 192 Å². The molecule has 1 aliphatic carbocycles. The molecule has 1 heterocycles. The van der Waals surface area contributed by atoms with E-state index in [9.17, 15) is 9.59 Å². The molecule has 4 rings (SSSR count). The van der Waals surface area contributed by atoms with Crippen molar-refractivity contribution in [3.8, 4) is 5.75 Å². The average molecular weight is 450 g/mol. The van der Waals surface area contributed by atoms with E-state index in [1.54, 1.807) is 11.8 Å². The summed E-state index contributed by atoms with van der Waals surface area (Å²) in [6, 6.07) is 17.5. The topological polar surface area (TPSA) is 64.6 Å². The van der Waals surface area contributed by atoms with Gasteiger partial charge >= 0.3 is 5.97 Å². The van der Waals surface area contributed by atoms with Crippen LogP contribution in [0.4, 0.5) is 0 Å². The highest BCUT2D eigenvalue weighted by Gasteiger charge is 2.39. The van der Waals surface area contributed by atoms with Gasteiger partial charge in [-0.15, -0.1) is 11.8 Å². The first-order valence-electron chi connectivity index (χ1n) is 10.8. The van der Waals surface area contributed by atoms with Crippen LogP contribution in [-0.4, -0.2) is 31.2 Å². The standard InChI is InChI=1S/C26H27NO4S/c1-17-23(26(29)31-16-15-30-19-7-4-3-5-8-19)24(18-11-13-20(32-2)14-12-18)25-21(27-17)9-6-10-22(25)28/h3-5,7-8,11-14,24,27H,6,9-10,15-16H2,1-2H3. The maximum Gasteiger partial charge on any atom is 0.336 e. The Morgan fingerprint density at radius 1 is 1.06 bits per heavy atom. The molecule has 0 spiro atoms. The first kappa shape index (κ1) is 22.2. The van der Waals surface area contributed by atoms with Crippen LogP contribution >= 0.6 is 11.8 Å². The van der Waals surface area contributed by atoms with Crippen molar-refractivity contribution in [3.05, 3.63) is 82.7 Å². The number of ketones is 1. The minimum absolute atomic E-state index is 0.0999. The summed E-state index contributed by atoms with van der Waals surface area (Å²) in [6.45, 7) is 2.27. The van der Waals surface area contributed by atoms with E-state index in [1.807, 2.05) is 67.8 Å². The van der Waals surface area contributed by atoms with Crippen molar-refractivity contribution in [3.63, 3.8) is 0 Å². The van der Waals surface area contributed by atoms with E-state index in [4.69, 9.17) is 9.47 Å². The second kappa shape index (κ2) is 10.1. The van der Waals surface area contributed by atoms with Crippen molar-refractivity contribution in [1.82, 2.24) is 5.32 Å². The number of hydrogen-bond acceptors (Lipinski definition) is 6. The van der Waals surface area contributed by atoms with Gasteiger partial charge in [-0.3, -0.25) is 4.79 Å². The molecule has 6 heteroatoms. The molecule has 2 aromatic rings. The molecule has 0 amide bonds. The maximum absolute atomic E-state index is 13.2. The van der Waals surface area contributed by atoms with Gasteiger partial charge in [0.25, 0.3) is 0 Å². The number of esters is 1. The van der Waals surface area contributed by atoms with E-state index in [1.165, 1.54) is 0 Å². The van der Waals surface area contributed by atoms with Gasteiger partial charge in [0.2, 0.25) is 0 Å². The molecular weight excluding hydrogens is 422 g/mol. The smallest absolute Gasteiger partial charge is 0.336 e. The van der Waals surface area contributed by atoms with Gasteiger partial charge in [0.15, 0.2) is 5.78 Å². The van der Waals surface area contributed by atoms with Crippen LogP contribution in [0.5, 0.6) is 5.75 Å². The summed E-state index contributed by atoms with van der Waals surface area (Å²) in [5.74, 6) is -0.0106. The fourth-order valence-corrected chi connectivity index (χ4v) is 4.68. The van der Waals surface area contributed by atoms with Crippen LogP contribution in [0.1, 0.15) is 37.7 Å². The number of carbonyl (C=O) groups is 2. The first-order chi connectivity index (χ1) is 15.6. The zero-order valence-electron chi connectivity index (χ0n) is 18.4. The van der Waals surface area contributed by atoms with E-state index in [2.05, 4.69) is 5.32 Å². The van der Waals surface area contributed by atoms with Crippen LogP contribution in [0.25, 0.3) is 0 Å². The number of para-hydroxylation sites is 1. The van der Waals surface area contributed by atoms with Gasteiger partial charge in [0.1, 0.15) is 19.0 Å². The van der Waals surface area contributed by atoms with E-state index < -0.39 is 11.9 Å². The molecule has 0 radical (unpaired) electrons. The van der Waals surface area contributed by atoms with Gasteiger partial charge in [-0.05, 0) is 55.9 Å². The van der Waals surface area contributed by atoms with E-state index >= 15 is 0 Å². The van der Waals surface area contributed by atoms with Gasteiger partial charge in [-0.1, -0.05) is 30.3 Å². The zero-order valence-corrected chi connectivity index (χ0v) is 19.2. The Morgan fingerprint density at radius 3 is 2.53 bits per heavy atom. The number of hydrogen-bond donors (Lipinski definition) is 1. The maximum atomic E-state index is 13.2. The molecule has 2 aromatic carbocycles. The lowest BCUT2D eigenvalue weighted by Gasteiger charge is -2.34. The zero-order chi connectivity index (χ0) is 22.5. The predicted molar refractivity (Wildman–Crippen MR) is 126 cm³/mol. The van der Waals surface area contributed by atoms with Crippen molar-refractivity contribution < 1.29 is 19.1 Å². The summed E-state index contributed by atoms with van der Waals surface area (Å²) in [4.78, 5) is 27.3. The number of dihydropyridines is 1. The number of benzene rings is 2. The number of nitrogens with one attached hydrogen (secondary N) is 1. The number of carbonyl (C=O) groups excluding carboxylic acids is 2. The Hall–Kier alpha value is -2.99. The molecule has 5 nitrogen and oxygen atoms in total. The number of thioether (sulfide) groups is 1. The SMILES string of the molecule is CSc1ccc(C2C(C(=O)OCCOc3ccccc3)=C(C)NC3=C2C(=O)CCC3)cc1. The molecule has 166 valence electrons. The minimum atomic E-state index is -0.421. The second-order valence-corrected chi connectivity index (χ2v) is 8.72. The van der Waals surface area contributed by atoms with Crippen LogP contribution in [0.2, 0.25) is 0 Å². The quantitative estimate of drug-likeness (QED) is 0.365. The van der Waals surface area contributed by atoms with Crippen LogP contribution in [0, 0.1) is 0 Å².